The minimum Gasteiger partial charge on any atom is -0.507 e. The van der Waals surface area contributed by atoms with E-state index in [2.05, 4.69) is 10.5 Å². The van der Waals surface area contributed by atoms with Gasteiger partial charge in [0, 0.05) is 28.1 Å². The minimum absolute atomic E-state index is 0.0256. The predicted octanol–water partition coefficient (Wildman–Crippen LogP) is 3.46. The highest BCUT2D eigenvalue weighted by atomic mass is 35.5. The number of phenols is 1. The average Bonchev–Trinajstić information content (AvgIpc) is 2.99. The van der Waals surface area contributed by atoms with Gasteiger partial charge in [0.05, 0.1) is 11.1 Å². The van der Waals surface area contributed by atoms with Crippen molar-refractivity contribution in [1.82, 2.24) is 5.43 Å². The molecule has 0 unspecified atom stereocenters. The third-order valence-corrected chi connectivity index (χ3v) is 3.53. The van der Waals surface area contributed by atoms with Crippen molar-refractivity contribution < 1.29 is 19.2 Å². The van der Waals surface area contributed by atoms with Gasteiger partial charge in [0.1, 0.15) is 11.3 Å². The van der Waals surface area contributed by atoms with Gasteiger partial charge >= 0.3 is 5.91 Å². The largest absolute Gasteiger partial charge is 0.507 e. The van der Waals surface area contributed by atoms with Crippen molar-refractivity contribution >= 4 is 40.4 Å². The third kappa shape index (κ3) is 3.59. The normalized spacial score (nSPS) is 11.1. The first-order chi connectivity index (χ1) is 11.9. The Bertz CT molecular complexity index is 1010. The van der Waals surface area contributed by atoms with E-state index in [1.54, 1.807) is 18.2 Å². The fraction of sp³-hybridized carbons (Fsp3) is 0. The van der Waals surface area contributed by atoms with Crippen LogP contribution in [-0.4, -0.2) is 22.2 Å². The molecule has 0 fully saturated rings. The number of hydrogen-bond donors (Lipinski definition) is 2. The molecule has 126 valence electrons. The van der Waals surface area contributed by atoms with E-state index < -0.39 is 10.8 Å². The Morgan fingerprint density at radius 1 is 1.28 bits per heavy atom. The van der Waals surface area contributed by atoms with E-state index in [0.29, 0.717) is 16.0 Å². The molecule has 1 aromatic heterocycles. The van der Waals surface area contributed by atoms with E-state index in [1.165, 1.54) is 12.1 Å². The van der Waals surface area contributed by atoms with Crippen molar-refractivity contribution in [1.29, 1.82) is 0 Å². The number of amides is 1. The number of halogens is 1. The summed E-state index contributed by atoms with van der Waals surface area (Å²) in [7, 11) is 0. The van der Waals surface area contributed by atoms with Crippen molar-refractivity contribution in [2.75, 3.05) is 0 Å². The first-order valence-corrected chi connectivity index (χ1v) is 7.32. The summed E-state index contributed by atoms with van der Waals surface area (Å²) in [5.41, 5.74) is 2.60. The summed E-state index contributed by atoms with van der Waals surface area (Å²) in [5, 5.41) is 25.2. The minimum atomic E-state index is -0.617. The predicted molar refractivity (Wildman–Crippen MR) is 91.0 cm³/mol. The van der Waals surface area contributed by atoms with Crippen molar-refractivity contribution in [3.8, 4) is 5.75 Å². The highest BCUT2D eigenvalue weighted by Crippen LogP contribution is 2.23. The van der Waals surface area contributed by atoms with Crippen molar-refractivity contribution in [3.05, 3.63) is 68.9 Å². The lowest BCUT2D eigenvalue weighted by atomic mass is 10.2. The maximum atomic E-state index is 12.0. The van der Waals surface area contributed by atoms with Crippen LogP contribution in [0, 0.1) is 10.1 Å². The first-order valence-electron chi connectivity index (χ1n) is 6.94. The highest BCUT2D eigenvalue weighted by molar-refractivity contribution is 6.31. The molecule has 1 amide bonds. The molecule has 25 heavy (non-hydrogen) atoms. The molecule has 0 aliphatic rings. The number of benzene rings is 2. The van der Waals surface area contributed by atoms with Crippen molar-refractivity contribution in [2.45, 2.75) is 0 Å². The van der Waals surface area contributed by atoms with Crippen molar-refractivity contribution in [2.24, 2.45) is 5.10 Å². The smallest absolute Gasteiger partial charge is 0.307 e. The second kappa shape index (κ2) is 6.62. The maximum absolute atomic E-state index is 12.0. The molecule has 0 saturated carbocycles. The molecule has 0 spiro atoms. The zero-order chi connectivity index (χ0) is 18.0. The van der Waals surface area contributed by atoms with Crippen LogP contribution in [0.1, 0.15) is 16.1 Å². The zero-order valence-corrected chi connectivity index (χ0v) is 13.2. The highest BCUT2D eigenvalue weighted by Gasteiger charge is 2.12. The molecule has 3 aromatic rings. The third-order valence-electron chi connectivity index (χ3n) is 3.29. The topological polar surface area (TPSA) is 118 Å². The number of carbonyl (C=O) groups excluding carboxylic acids is 1. The van der Waals surface area contributed by atoms with Gasteiger partial charge < -0.3 is 9.52 Å². The van der Waals surface area contributed by atoms with Gasteiger partial charge in [-0.25, -0.2) is 5.43 Å². The van der Waals surface area contributed by atoms with Gasteiger partial charge in [-0.2, -0.15) is 5.10 Å². The van der Waals surface area contributed by atoms with E-state index in [-0.39, 0.29) is 22.8 Å². The van der Waals surface area contributed by atoms with Crippen LogP contribution in [0.4, 0.5) is 5.69 Å². The number of rotatable bonds is 4. The molecule has 9 heteroatoms. The molecule has 1 heterocycles. The standard InChI is InChI=1S/C16H10ClN3O5/c17-11-1-4-14-9(5-11)7-15(25-14)16(22)19-18-8-10-6-12(20(23)24)2-3-13(10)21/h1-8,21H,(H,19,22)/b18-8+. The van der Waals surface area contributed by atoms with Crippen LogP contribution in [0.3, 0.4) is 0 Å². The van der Waals surface area contributed by atoms with Gasteiger partial charge in [-0.1, -0.05) is 11.6 Å². The molecule has 0 radical (unpaired) electrons. The zero-order valence-electron chi connectivity index (χ0n) is 12.5. The number of phenolic OH excluding ortho intramolecular Hbond substituents is 1. The summed E-state index contributed by atoms with van der Waals surface area (Å²) in [6.07, 6.45) is 1.10. The molecule has 0 aliphatic carbocycles. The molecule has 0 aliphatic heterocycles. The Labute approximate surface area is 145 Å². The molecule has 0 saturated heterocycles. The number of fused-ring (bicyclic) bond motifs is 1. The SMILES string of the molecule is O=C(N/N=C/c1cc([N+](=O)[O-])ccc1O)c1cc2cc(Cl)ccc2o1. The molecule has 0 bridgehead atoms. The summed E-state index contributed by atoms with van der Waals surface area (Å²) < 4.78 is 5.38. The number of nitrogens with one attached hydrogen (secondary N) is 1. The van der Waals surface area contributed by atoms with Gasteiger partial charge in [-0.3, -0.25) is 14.9 Å². The second-order valence-electron chi connectivity index (χ2n) is 4.99. The summed E-state index contributed by atoms with van der Waals surface area (Å²) in [6.45, 7) is 0. The van der Waals surface area contributed by atoms with Gasteiger partial charge in [0.2, 0.25) is 0 Å². The number of nitrogens with zero attached hydrogens (tertiary/aromatic N) is 2. The number of nitro benzene ring substituents is 1. The Hall–Kier alpha value is -3.39. The van der Waals surface area contributed by atoms with Gasteiger partial charge in [0.25, 0.3) is 5.69 Å². The Kier molecular flexibility index (Phi) is 4.36. The van der Waals surface area contributed by atoms with Gasteiger partial charge in [0.15, 0.2) is 5.76 Å². The van der Waals surface area contributed by atoms with Crippen LogP contribution in [0.15, 0.2) is 52.0 Å². The molecule has 8 nitrogen and oxygen atoms in total. The number of furan rings is 1. The summed E-state index contributed by atoms with van der Waals surface area (Å²) >= 11 is 5.87. The first kappa shape index (κ1) is 16.5. The van der Waals surface area contributed by atoms with Crippen LogP contribution in [-0.2, 0) is 0 Å². The molecule has 0 atom stereocenters. The van der Waals surface area contributed by atoms with E-state index in [1.807, 2.05) is 0 Å². The van der Waals surface area contributed by atoms with Crippen molar-refractivity contribution in [3.63, 3.8) is 0 Å². The second-order valence-corrected chi connectivity index (χ2v) is 5.43. The van der Waals surface area contributed by atoms with E-state index in [9.17, 15) is 20.0 Å². The summed E-state index contributed by atoms with van der Waals surface area (Å²) in [5.74, 6) is -0.798. The van der Waals surface area contributed by atoms with E-state index in [0.717, 1.165) is 18.3 Å². The van der Waals surface area contributed by atoms with Crippen LogP contribution < -0.4 is 5.43 Å². The van der Waals surface area contributed by atoms with E-state index >= 15 is 0 Å². The number of carbonyl (C=O) groups is 1. The van der Waals surface area contributed by atoms with E-state index in [4.69, 9.17) is 16.0 Å². The Morgan fingerprint density at radius 2 is 2.08 bits per heavy atom. The van der Waals surface area contributed by atoms with Gasteiger partial charge in [-0.15, -0.1) is 0 Å². The average molecular weight is 360 g/mol. The Balaban J connectivity index is 1.76. The Morgan fingerprint density at radius 3 is 2.84 bits per heavy atom. The lowest BCUT2D eigenvalue weighted by molar-refractivity contribution is -0.384. The molecular weight excluding hydrogens is 350 g/mol. The molecular formula is C16H10ClN3O5. The number of aromatic hydroxyl groups is 1. The monoisotopic (exact) mass is 359 g/mol. The van der Waals surface area contributed by atoms with Gasteiger partial charge in [-0.05, 0) is 30.3 Å². The molecule has 2 aromatic carbocycles. The lowest BCUT2D eigenvalue weighted by Gasteiger charge is -1.99. The molecule has 3 rings (SSSR count). The number of non-ortho nitro benzene ring substituents is 1. The van der Waals surface area contributed by atoms with Crippen LogP contribution >= 0.6 is 11.6 Å². The fourth-order valence-electron chi connectivity index (χ4n) is 2.10. The molecule has 2 N–H and O–H groups in total. The van der Waals surface area contributed by atoms with Crippen LogP contribution in [0.25, 0.3) is 11.0 Å². The quantitative estimate of drug-likeness (QED) is 0.420. The number of nitro groups is 1. The van der Waals surface area contributed by atoms with Crippen LogP contribution in [0.5, 0.6) is 5.75 Å². The number of hydrazone groups is 1. The van der Waals surface area contributed by atoms with Crippen LogP contribution in [0.2, 0.25) is 5.02 Å². The maximum Gasteiger partial charge on any atom is 0.307 e. The number of hydrogen-bond acceptors (Lipinski definition) is 6. The fourth-order valence-corrected chi connectivity index (χ4v) is 2.28. The lowest BCUT2D eigenvalue weighted by Crippen LogP contribution is -2.16. The summed E-state index contributed by atoms with van der Waals surface area (Å²) in [6, 6.07) is 9.90. The summed E-state index contributed by atoms with van der Waals surface area (Å²) in [4.78, 5) is 22.2.